The van der Waals surface area contributed by atoms with Crippen molar-refractivity contribution >= 4 is 17.3 Å². The van der Waals surface area contributed by atoms with Gasteiger partial charge < -0.3 is 9.80 Å². The summed E-state index contributed by atoms with van der Waals surface area (Å²) in [6.07, 6.45) is 0. The molecule has 0 fully saturated rings. The van der Waals surface area contributed by atoms with Gasteiger partial charge in [-0.2, -0.15) is 0 Å². The summed E-state index contributed by atoms with van der Waals surface area (Å²) < 4.78 is 26.6. The fourth-order valence-electron chi connectivity index (χ4n) is 2.89. The van der Waals surface area contributed by atoms with E-state index in [9.17, 15) is 13.6 Å². The number of anilines is 2. The molecule has 2 aromatic carbocycles. The van der Waals surface area contributed by atoms with Crippen molar-refractivity contribution in [3.05, 3.63) is 59.7 Å². The van der Waals surface area contributed by atoms with Gasteiger partial charge in [-0.15, -0.1) is 0 Å². The summed E-state index contributed by atoms with van der Waals surface area (Å²) in [6.45, 7) is 9.35. The molecule has 0 bridgehead atoms. The summed E-state index contributed by atoms with van der Waals surface area (Å²) in [4.78, 5) is 16.4. The number of hydrogen-bond acceptors (Lipinski definition) is 2. The van der Waals surface area contributed by atoms with Gasteiger partial charge in [0.1, 0.15) is 0 Å². The first-order valence-electron chi connectivity index (χ1n) is 8.52. The zero-order chi connectivity index (χ0) is 18.6. The van der Waals surface area contributed by atoms with E-state index in [1.807, 2.05) is 12.1 Å². The summed E-state index contributed by atoms with van der Waals surface area (Å²) in [5, 5.41) is 0. The van der Waals surface area contributed by atoms with Crippen molar-refractivity contribution in [1.82, 2.24) is 0 Å². The molecule has 0 aliphatic heterocycles. The molecule has 0 aromatic heterocycles. The Morgan fingerprint density at radius 2 is 1.52 bits per heavy atom. The van der Waals surface area contributed by atoms with Crippen molar-refractivity contribution in [1.29, 1.82) is 0 Å². The fourth-order valence-corrected chi connectivity index (χ4v) is 2.89. The maximum atomic E-state index is 13.5. The molecule has 0 aliphatic rings. The third-order valence-electron chi connectivity index (χ3n) is 4.19. The lowest BCUT2D eigenvalue weighted by atomic mass is 10.1. The second-order valence-corrected chi connectivity index (χ2v) is 6.07. The van der Waals surface area contributed by atoms with Gasteiger partial charge in [-0.05, 0) is 64.1 Å². The van der Waals surface area contributed by atoms with Gasteiger partial charge >= 0.3 is 0 Å². The van der Waals surface area contributed by atoms with Crippen LogP contribution in [-0.2, 0) is 0 Å². The maximum Gasteiger partial charge on any atom is 0.258 e. The molecule has 0 radical (unpaired) electrons. The molecule has 0 atom stereocenters. The van der Waals surface area contributed by atoms with E-state index in [-0.39, 0.29) is 5.91 Å². The third-order valence-corrected chi connectivity index (χ3v) is 4.19. The van der Waals surface area contributed by atoms with Gasteiger partial charge in [0.15, 0.2) is 11.6 Å². The van der Waals surface area contributed by atoms with Gasteiger partial charge in [-0.1, -0.05) is 0 Å². The monoisotopic (exact) mass is 346 g/mol. The van der Waals surface area contributed by atoms with Crippen molar-refractivity contribution in [2.45, 2.75) is 33.7 Å². The Kier molecular flexibility index (Phi) is 6.12. The van der Waals surface area contributed by atoms with Crippen LogP contribution in [0.2, 0.25) is 0 Å². The highest BCUT2D eigenvalue weighted by Gasteiger charge is 2.18. The highest BCUT2D eigenvalue weighted by atomic mass is 19.2. The average molecular weight is 346 g/mol. The Morgan fingerprint density at radius 1 is 0.920 bits per heavy atom. The summed E-state index contributed by atoms with van der Waals surface area (Å²) in [7, 11) is 0. The Balaban J connectivity index is 2.27. The Labute approximate surface area is 147 Å². The third kappa shape index (κ3) is 4.16. The molecule has 0 spiro atoms. The van der Waals surface area contributed by atoms with Gasteiger partial charge in [-0.25, -0.2) is 8.78 Å². The first kappa shape index (κ1) is 18.9. The van der Waals surface area contributed by atoms with Gasteiger partial charge in [0.05, 0.1) is 0 Å². The van der Waals surface area contributed by atoms with Gasteiger partial charge in [0, 0.05) is 42.1 Å². The molecule has 0 saturated carbocycles. The van der Waals surface area contributed by atoms with Crippen LogP contribution in [0, 0.1) is 11.6 Å². The van der Waals surface area contributed by atoms with Crippen LogP contribution in [0.4, 0.5) is 20.2 Å². The molecule has 0 heterocycles. The zero-order valence-electron chi connectivity index (χ0n) is 15.1. The molecule has 2 rings (SSSR count). The van der Waals surface area contributed by atoms with Gasteiger partial charge in [0.25, 0.3) is 5.91 Å². The van der Waals surface area contributed by atoms with Crippen LogP contribution in [0.3, 0.4) is 0 Å². The molecule has 2 aromatic rings. The van der Waals surface area contributed by atoms with Crippen LogP contribution in [-0.4, -0.2) is 25.0 Å². The highest BCUT2D eigenvalue weighted by molar-refractivity contribution is 6.06. The van der Waals surface area contributed by atoms with E-state index in [2.05, 4.69) is 25.7 Å². The summed E-state index contributed by atoms with van der Waals surface area (Å²) in [5.41, 5.74) is 1.90. The molecule has 5 heteroatoms. The van der Waals surface area contributed by atoms with Crippen molar-refractivity contribution in [2.75, 3.05) is 22.9 Å². The number of rotatable bonds is 6. The average Bonchev–Trinajstić information content (AvgIpc) is 2.59. The molecule has 0 saturated heterocycles. The molecule has 25 heavy (non-hydrogen) atoms. The number of hydrogen-bond donors (Lipinski definition) is 0. The minimum atomic E-state index is -0.963. The van der Waals surface area contributed by atoms with Crippen LogP contribution < -0.4 is 9.80 Å². The maximum absolute atomic E-state index is 13.5. The van der Waals surface area contributed by atoms with E-state index >= 15 is 0 Å². The molecular formula is C20H24F2N2O. The zero-order valence-corrected chi connectivity index (χ0v) is 15.1. The predicted molar refractivity (Wildman–Crippen MR) is 98.3 cm³/mol. The Morgan fingerprint density at radius 3 is 2.00 bits per heavy atom. The number of halogens is 2. The molecule has 0 N–H and O–H groups in total. The molecule has 1 amide bonds. The van der Waals surface area contributed by atoms with E-state index < -0.39 is 11.6 Å². The standard InChI is InChI=1S/C20H24F2N2O/c1-5-23(14(3)4)16-9-7-15(8-10-16)20(25)24(6-2)17-11-12-18(21)19(22)13-17/h7-14H,5-6H2,1-4H3. The van der Waals surface area contributed by atoms with Gasteiger partial charge in [-0.3, -0.25) is 4.79 Å². The van der Waals surface area contributed by atoms with Crippen molar-refractivity contribution < 1.29 is 13.6 Å². The second-order valence-electron chi connectivity index (χ2n) is 6.07. The quantitative estimate of drug-likeness (QED) is 0.745. The smallest absolute Gasteiger partial charge is 0.258 e. The lowest BCUT2D eigenvalue weighted by Gasteiger charge is -2.28. The first-order valence-corrected chi connectivity index (χ1v) is 8.52. The van der Waals surface area contributed by atoms with E-state index in [0.29, 0.717) is 23.8 Å². The van der Waals surface area contributed by atoms with Gasteiger partial charge in [0.2, 0.25) is 0 Å². The summed E-state index contributed by atoms with van der Waals surface area (Å²) >= 11 is 0. The second kappa shape index (κ2) is 8.10. The van der Waals surface area contributed by atoms with E-state index in [1.54, 1.807) is 19.1 Å². The molecule has 134 valence electrons. The van der Waals surface area contributed by atoms with E-state index in [0.717, 1.165) is 24.4 Å². The van der Waals surface area contributed by atoms with Crippen LogP contribution in [0.1, 0.15) is 38.1 Å². The van der Waals surface area contributed by atoms with Crippen LogP contribution in [0.5, 0.6) is 0 Å². The number of carbonyl (C=O) groups is 1. The minimum Gasteiger partial charge on any atom is -0.369 e. The number of amides is 1. The number of benzene rings is 2. The predicted octanol–water partition coefficient (Wildman–Crippen LogP) is 4.87. The summed E-state index contributed by atoms with van der Waals surface area (Å²) in [6, 6.07) is 11.2. The van der Waals surface area contributed by atoms with E-state index in [1.165, 1.54) is 11.0 Å². The molecule has 3 nitrogen and oxygen atoms in total. The Hall–Kier alpha value is -2.43. The highest BCUT2D eigenvalue weighted by Crippen LogP contribution is 2.22. The minimum absolute atomic E-state index is 0.243. The lowest BCUT2D eigenvalue weighted by molar-refractivity contribution is 0.0988. The van der Waals surface area contributed by atoms with Crippen molar-refractivity contribution in [2.24, 2.45) is 0 Å². The number of nitrogens with zero attached hydrogens (tertiary/aromatic N) is 2. The first-order chi connectivity index (χ1) is 11.9. The van der Waals surface area contributed by atoms with Crippen LogP contribution >= 0.6 is 0 Å². The van der Waals surface area contributed by atoms with Crippen LogP contribution in [0.15, 0.2) is 42.5 Å². The number of carbonyl (C=O) groups excluding carboxylic acids is 1. The lowest BCUT2D eigenvalue weighted by Crippen LogP contribution is -2.31. The van der Waals surface area contributed by atoms with Crippen molar-refractivity contribution in [3.63, 3.8) is 0 Å². The fraction of sp³-hybridized carbons (Fsp3) is 0.350. The van der Waals surface area contributed by atoms with E-state index in [4.69, 9.17) is 0 Å². The molecular weight excluding hydrogens is 322 g/mol. The Bertz CT molecular complexity index is 729. The normalized spacial score (nSPS) is 10.8. The summed E-state index contributed by atoms with van der Waals surface area (Å²) in [5.74, 6) is -2.13. The molecule has 0 unspecified atom stereocenters. The topological polar surface area (TPSA) is 23.6 Å². The molecule has 0 aliphatic carbocycles. The van der Waals surface area contributed by atoms with Crippen molar-refractivity contribution in [3.8, 4) is 0 Å². The largest absolute Gasteiger partial charge is 0.369 e. The van der Waals surface area contributed by atoms with Crippen LogP contribution in [0.25, 0.3) is 0 Å². The SMILES string of the molecule is CCN(C(=O)c1ccc(N(CC)C(C)C)cc1)c1ccc(F)c(F)c1.